The van der Waals surface area contributed by atoms with E-state index in [1.165, 1.54) is 0 Å². The van der Waals surface area contributed by atoms with E-state index in [2.05, 4.69) is 60.3 Å². The van der Waals surface area contributed by atoms with Gasteiger partial charge >= 0.3 is 0 Å². The summed E-state index contributed by atoms with van der Waals surface area (Å²) in [5.41, 5.74) is 1.96. The van der Waals surface area contributed by atoms with Crippen molar-refractivity contribution in [2.45, 2.75) is 44.3 Å². The maximum atomic E-state index is 6.87. The molecule has 0 amide bonds. The molecule has 0 saturated heterocycles. The molecule has 0 radical (unpaired) electrons. The second-order valence-electron chi connectivity index (χ2n) is 8.55. The molecule has 0 spiro atoms. The smallest absolute Gasteiger partial charge is 0.168 e. The molecule has 0 N–H and O–H groups in total. The maximum Gasteiger partial charge on any atom is 0.168 e. The highest BCUT2D eigenvalue weighted by molar-refractivity contribution is 6.97. The Kier molecular flexibility index (Phi) is 4.37. The Balaban J connectivity index is 2.31. The number of benzene rings is 2. The van der Waals surface area contributed by atoms with Crippen LogP contribution in [0, 0.1) is 0 Å². The summed E-state index contributed by atoms with van der Waals surface area (Å²) >= 11 is 0. The average molecular weight is 370 g/mol. The largest absolute Gasteiger partial charge is 0.473 e. The van der Waals surface area contributed by atoms with Crippen LogP contribution in [0.4, 0.5) is 0 Å². The summed E-state index contributed by atoms with van der Waals surface area (Å²) in [6, 6.07) is 18.3. The van der Waals surface area contributed by atoms with Crippen LogP contribution in [0.2, 0.25) is 39.3 Å². The number of nitrogens with zero attached hydrogens (tertiary/aromatic N) is 3. The first-order valence-corrected chi connectivity index (χ1v) is 15.7. The molecular weight excluding hydrogens is 342 g/mol. The number of hydrogen-bond acceptors (Lipinski definition) is 3. The van der Waals surface area contributed by atoms with Crippen molar-refractivity contribution in [2.24, 2.45) is 0 Å². The predicted octanol–water partition coefficient (Wildman–Crippen LogP) is 4.92. The van der Waals surface area contributed by atoms with E-state index in [1.54, 1.807) is 0 Å². The summed E-state index contributed by atoms with van der Waals surface area (Å²) in [5, 5.41) is 9.04. The van der Waals surface area contributed by atoms with Gasteiger partial charge in [-0.15, -0.1) is 5.10 Å². The van der Waals surface area contributed by atoms with Gasteiger partial charge in [0.1, 0.15) is 27.4 Å². The molecule has 2 aromatic carbocycles. The van der Waals surface area contributed by atoms with Gasteiger partial charge in [-0.2, -0.15) is 0 Å². The summed E-state index contributed by atoms with van der Waals surface area (Å²) in [4.78, 5) is -0.447. The van der Waals surface area contributed by atoms with Crippen molar-refractivity contribution < 1.29 is 4.74 Å². The standard InChI is InChI=1S/C19H27N3OSi2/c1-24(2,3)19(25(4,5)6,23-16-12-8-7-9-13-16)22-18-15-11-10-14-17(18)20-21-22/h7-15H,1-6H3. The van der Waals surface area contributed by atoms with Gasteiger partial charge in [0.05, 0.1) is 5.52 Å². The summed E-state index contributed by atoms with van der Waals surface area (Å²) < 4.78 is 8.96. The van der Waals surface area contributed by atoms with Crippen molar-refractivity contribution in [2.75, 3.05) is 0 Å². The number of aromatic nitrogens is 3. The van der Waals surface area contributed by atoms with Crippen LogP contribution in [0.1, 0.15) is 0 Å². The number of fused-ring (bicyclic) bond motifs is 1. The third-order valence-electron chi connectivity index (χ3n) is 4.69. The first-order chi connectivity index (χ1) is 11.7. The minimum atomic E-state index is -1.88. The lowest BCUT2D eigenvalue weighted by molar-refractivity contribution is 0.131. The Hall–Kier alpha value is -1.93. The molecule has 4 nitrogen and oxygen atoms in total. The molecule has 6 heteroatoms. The highest BCUT2D eigenvalue weighted by atomic mass is 28.4. The average Bonchev–Trinajstić information content (AvgIpc) is 2.95. The van der Waals surface area contributed by atoms with Crippen LogP contribution >= 0.6 is 0 Å². The molecule has 3 aromatic rings. The van der Waals surface area contributed by atoms with E-state index in [1.807, 2.05) is 48.5 Å². The number of ether oxygens (including phenoxy) is 1. The van der Waals surface area contributed by atoms with Crippen molar-refractivity contribution in [3.8, 4) is 5.75 Å². The van der Waals surface area contributed by atoms with Gasteiger partial charge in [0, 0.05) is 0 Å². The molecule has 0 bridgehead atoms. The zero-order valence-electron chi connectivity index (χ0n) is 15.9. The van der Waals surface area contributed by atoms with Crippen LogP contribution in [-0.2, 0) is 4.97 Å². The molecule has 0 atom stereocenters. The molecule has 0 saturated carbocycles. The van der Waals surface area contributed by atoms with Crippen LogP contribution in [0.5, 0.6) is 5.75 Å². The molecule has 3 rings (SSSR count). The second kappa shape index (κ2) is 6.10. The predicted molar refractivity (Wildman–Crippen MR) is 109 cm³/mol. The summed E-state index contributed by atoms with van der Waals surface area (Å²) in [7, 11) is -3.75. The second-order valence-corrected chi connectivity index (χ2v) is 19.4. The third kappa shape index (κ3) is 2.93. The minimum Gasteiger partial charge on any atom is -0.473 e. The lowest BCUT2D eigenvalue weighted by Crippen LogP contribution is -2.71. The van der Waals surface area contributed by atoms with E-state index in [9.17, 15) is 0 Å². The summed E-state index contributed by atoms with van der Waals surface area (Å²) in [5.74, 6) is 0.895. The molecule has 0 aliphatic heterocycles. The van der Waals surface area contributed by atoms with Crippen LogP contribution in [0.25, 0.3) is 11.0 Å². The van der Waals surface area contributed by atoms with Crippen molar-refractivity contribution in [3.05, 3.63) is 54.6 Å². The van der Waals surface area contributed by atoms with E-state index < -0.39 is 21.1 Å². The van der Waals surface area contributed by atoms with E-state index >= 15 is 0 Å². The van der Waals surface area contributed by atoms with Crippen LogP contribution < -0.4 is 4.74 Å². The molecule has 0 fully saturated rings. The maximum absolute atomic E-state index is 6.87. The van der Waals surface area contributed by atoms with Crippen LogP contribution in [0.15, 0.2) is 54.6 Å². The van der Waals surface area contributed by atoms with E-state index in [0.717, 1.165) is 16.8 Å². The molecule has 1 heterocycles. The van der Waals surface area contributed by atoms with Crippen molar-refractivity contribution in [1.29, 1.82) is 0 Å². The van der Waals surface area contributed by atoms with Gasteiger partial charge in [0.15, 0.2) is 4.97 Å². The Morgan fingerprint density at radius 1 is 0.800 bits per heavy atom. The van der Waals surface area contributed by atoms with Crippen LogP contribution in [0.3, 0.4) is 0 Å². The molecule has 0 unspecified atom stereocenters. The van der Waals surface area contributed by atoms with E-state index in [4.69, 9.17) is 4.74 Å². The first-order valence-electron chi connectivity index (χ1n) is 8.72. The zero-order chi connectivity index (χ0) is 18.3. The molecule has 0 aliphatic rings. The van der Waals surface area contributed by atoms with Crippen LogP contribution in [-0.4, -0.2) is 31.1 Å². The highest BCUT2D eigenvalue weighted by Crippen LogP contribution is 2.41. The Labute approximate surface area is 151 Å². The van der Waals surface area contributed by atoms with Gasteiger partial charge in [0.25, 0.3) is 0 Å². The molecule has 0 aliphatic carbocycles. The Morgan fingerprint density at radius 2 is 1.36 bits per heavy atom. The summed E-state index contributed by atoms with van der Waals surface area (Å²) in [6.45, 7) is 14.2. The van der Waals surface area contributed by atoms with Gasteiger partial charge in [-0.05, 0) is 24.3 Å². The van der Waals surface area contributed by atoms with E-state index in [0.29, 0.717) is 0 Å². The van der Waals surface area contributed by atoms with Crippen molar-refractivity contribution >= 4 is 27.2 Å². The van der Waals surface area contributed by atoms with Crippen molar-refractivity contribution in [3.63, 3.8) is 0 Å². The topological polar surface area (TPSA) is 39.9 Å². The fourth-order valence-electron chi connectivity index (χ4n) is 3.87. The van der Waals surface area contributed by atoms with Gasteiger partial charge in [-0.3, -0.25) is 0 Å². The quantitative estimate of drug-likeness (QED) is 0.599. The zero-order valence-corrected chi connectivity index (χ0v) is 17.9. The monoisotopic (exact) mass is 369 g/mol. The normalized spacial score (nSPS) is 13.2. The lowest BCUT2D eigenvalue weighted by Gasteiger charge is -2.51. The van der Waals surface area contributed by atoms with Crippen molar-refractivity contribution in [1.82, 2.24) is 15.0 Å². The van der Waals surface area contributed by atoms with E-state index in [-0.39, 0.29) is 0 Å². The molecule has 132 valence electrons. The number of para-hydroxylation sites is 2. The fourth-order valence-corrected chi connectivity index (χ4v) is 15.3. The Morgan fingerprint density at radius 3 is 1.96 bits per heavy atom. The SMILES string of the molecule is C[Si](C)(C)C(Oc1ccccc1)(n1nnc2ccccc21)[Si](C)(C)C. The lowest BCUT2D eigenvalue weighted by atomic mass is 10.3. The fraction of sp³-hybridized carbons (Fsp3) is 0.368. The summed E-state index contributed by atoms with van der Waals surface area (Å²) in [6.07, 6.45) is 0. The minimum absolute atomic E-state index is 0.447. The Bertz CT molecular complexity index is 850. The van der Waals surface area contributed by atoms with Gasteiger partial charge in [-0.25, -0.2) is 4.68 Å². The van der Waals surface area contributed by atoms with Gasteiger partial charge < -0.3 is 4.74 Å². The molecule has 25 heavy (non-hydrogen) atoms. The molecule has 1 aromatic heterocycles. The highest BCUT2D eigenvalue weighted by Gasteiger charge is 2.58. The molecular formula is C19H27N3OSi2. The number of hydrogen-bond donors (Lipinski definition) is 0. The first kappa shape index (κ1) is 17.9. The third-order valence-corrected chi connectivity index (χ3v) is 13.9. The van der Waals surface area contributed by atoms with Gasteiger partial charge in [0.2, 0.25) is 0 Å². The van der Waals surface area contributed by atoms with Gasteiger partial charge in [-0.1, -0.05) is 74.8 Å². The number of rotatable bonds is 5.